The molecule has 0 saturated heterocycles. The van der Waals surface area contributed by atoms with Crippen LogP contribution in [0.2, 0.25) is 0 Å². The summed E-state index contributed by atoms with van der Waals surface area (Å²) < 4.78 is 0. The van der Waals surface area contributed by atoms with Gasteiger partial charge in [0.2, 0.25) is 0 Å². The molecule has 3 heteroatoms. The van der Waals surface area contributed by atoms with Crippen LogP contribution in [0.5, 0.6) is 0 Å². The highest BCUT2D eigenvalue weighted by Crippen LogP contribution is 2.28. The zero-order chi connectivity index (χ0) is 13.9. The highest BCUT2D eigenvalue weighted by molar-refractivity contribution is 5.91. The van der Waals surface area contributed by atoms with Crippen LogP contribution >= 0.6 is 0 Å². The van der Waals surface area contributed by atoms with Crippen molar-refractivity contribution in [1.82, 2.24) is 9.97 Å². The topological polar surface area (TPSA) is 31.9 Å². The van der Waals surface area contributed by atoms with Gasteiger partial charge in [-0.05, 0) is 26.0 Å². The van der Waals surface area contributed by atoms with Crippen LogP contribution in [0.25, 0.3) is 22.4 Å². The average Bonchev–Trinajstić information content (AvgIpc) is 2.94. The first-order valence-electron chi connectivity index (χ1n) is 7.12. The van der Waals surface area contributed by atoms with Gasteiger partial charge in [-0.2, -0.15) is 0 Å². The molecule has 3 rings (SSSR count). The van der Waals surface area contributed by atoms with Crippen molar-refractivity contribution >= 4 is 16.7 Å². The molecule has 3 aromatic rings. The van der Waals surface area contributed by atoms with E-state index in [2.05, 4.69) is 54.1 Å². The van der Waals surface area contributed by atoms with Gasteiger partial charge in [0.15, 0.2) is 0 Å². The maximum Gasteiger partial charge on any atom is 0.138 e. The van der Waals surface area contributed by atoms with Crippen LogP contribution in [-0.4, -0.2) is 23.1 Å². The Hall–Kier alpha value is -2.29. The van der Waals surface area contributed by atoms with E-state index < -0.39 is 0 Å². The summed E-state index contributed by atoms with van der Waals surface area (Å²) in [4.78, 5) is 10.6. The normalized spacial score (nSPS) is 10.9. The number of nitrogens with zero attached hydrogens (tertiary/aromatic N) is 2. The first-order valence-corrected chi connectivity index (χ1v) is 7.12. The number of aromatic nitrogens is 2. The fourth-order valence-corrected chi connectivity index (χ4v) is 2.57. The Morgan fingerprint density at radius 1 is 0.950 bits per heavy atom. The number of imidazole rings is 1. The van der Waals surface area contributed by atoms with Crippen LogP contribution in [0.1, 0.15) is 13.8 Å². The van der Waals surface area contributed by atoms with Crippen molar-refractivity contribution in [2.75, 3.05) is 18.0 Å². The molecule has 102 valence electrons. The second-order valence-electron chi connectivity index (χ2n) is 4.80. The van der Waals surface area contributed by atoms with Gasteiger partial charge in [0.25, 0.3) is 0 Å². The quantitative estimate of drug-likeness (QED) is 0.771. The third kappa shape index (κ3) is 2.16. The molecule has 0 aliphatic rings. The molecule has 1 aromatic heterocycles. The number of nitrogens with one attached hydrogen (secondary N) is 1. The molecular formula is C17H19N3. The molecule has 0 bridgehead atoms. The summed E-state index contributed by atoms with van der Waals surface area (Å²) in [5.74, 6) is 0.931. The number of rotatable bonds is 4. The van der Waals surface area contributed by atoms with Gasteiger partial charge in [-0.15, -0.1) is 0 Å². The van der Waals surface area contributed by atoms with Crippen LogP contribution < -0.4 is 4.90 Å². The number of para-hydroxylation sites is 1. The van der Waals surface area contributed by atoms with Gasteiger partial charge in [-0.3, -0.25) is 0 Å². The van der Waals surface area contributed by atoms with Crippen LogP contribution in [0.3, 0.4) is 0 Å². The molecule has 2 aromatic carbocycles. The van der Waals surface area contributed by atoms with Crippen LogP contribution in [-0.2, 0) is 0 Å². The molecule has 0 spiro atoms. The van der Waals surface area contributed by atoms with Crippen molar-refractivity contribution in [3.05, 3.63) is 48.5 Å². The second kappa shape index (κ2) is 5.37. The molecule has 0 unspecified atom stereocenters. The van der Waals surface area contributed by atoms with Gasteiger partial charge >= 0.3 is 0 Å². The molecule has 1 N–H and O–H groups in total. The Morgan fingerprint density at radius 2 is 1.70 bits per heavy atom. The van der Waals surface area contributed by atoms with Gasteiger partial charge in [0.05, 0.1) is 11.2 Å². The first-order chi connectivity index (χ1) is 9.83. The minimum absolute atomic E-state index is 0.931. The predicted octanol–water partition coefficient (Wildman–Crippen LogP) is 4.08. The maximum atomic E-state index is 4.80. The summed E-state index contributed by atoms with van der Waals surface area (Å²) >= 11 is 0. The summed E-state index contributed by atoms with van der Waals surface area (Å²) in [5, 5.41) is 0. The fourth-order valence-electron chi connectivity index (χ4n) is 2.57. The highest BCUT2D eigenvalue weighted by Gasteiger charge is 2.11. The number of aromatic amines is 1. The predicted molar refractivity (Wildman–Crippen MR) is 85.1 cm³/mol. The summed E-state index contributed by atoms with van der Waals surface area (Å²) in [7, 11) is 0. The molecule has 0 saturated carbocycles. The van der Waals surface area contributed by atoms with E-state index in [0.29, 0.717) is 0 Å². The van der Waals surface area contributed by atoms with E-state index >= 15 is 0 Å². The largest absolute Gasteiger partial charge is 0.370 e. The van der Waals surface area contributed by atoms with E-state index in [1.54, 1.807) is 0 Å². The van der Waals surface area contributed by atoms with Gasteiger partial charge in [-0.1, -0.05) is 36.4 Å². The Morgan fingerprint density at radius 3 is 2.40 bits per heavy atom. The zero-order valence-corrected chi connectivity index (χ0v) is 11.9. The molecular weight excluding hydrogens is 246 g/mol. The molecule has 1 heterocycles. The van der Waals surface area contributed by atoms with Crippen LogP contribution in [0.15, 0.2) is 48.5 Å². The maximum absolute atomic E-state index is 4.80. The van der Waals surface area contributed by atoms with Crippen molar-refractivity contribution < 1.29 is 0 Å². The molecule has 0 atom stereocenters. The number of H-pyrrole nitrogens is 1. The monoisotopic (exact) mass is 265 g/mol. The minimum atomic E-state index is 0.931. The highest BCUT2D eigenvalue weighted by atomic mass is 15.1. The lowest BCUT2D eigenvalue weighted by Gasteiger charge is -2.21. The van der Waals surface area contributed by atoms with Crippen LogP contribution in [0.4, 0.5) is 5.69 Å². The molecule has 0 amide bonds. The van der Waals surface area contributed by atoms with Crippen molar-refractivity contribution in [1.29, 1.82) is 0 Å². The lowest BCUT2D eigenvalue weighted by molar-refractivity contribution is 0.869. The Labute approximate surface area is 119 Å². The second-order valence-corrected chi connectivity index (χ2v) is 4.80. The van der Waals surface area contributed by atoms with E-state index in [4.69, 9.17) is 4.98 Å². The van der Waals surface area contributed by atoms with E-state index in [0.717, 1.165) is 35.5 Å². The smallest absolute Gasteiger partial charge is 0.138 e. The summed E-state index contributed by atoms with van der Waals surface area (Å²) in [6, 6.07) is 16.6. The van der Waals surface area contributed by atoms with E-state index in [1.165, 1.54) is 5.69 Å². The van der Waals surface area contributed by atoms with Gasteiger partial charge in [-0.25, -0.2) is 4.98 Å². The molecule has 0 aliphatic carbocycles. The van der Waals surface area contributed by atoms with Crippen molar-refractivity contribution in [3.63, 3.8) is 0 Å². The molecule has 3 nitrogen and oxygen atoms in total. The lowest BCUT2D eigenvalue weighted by atomic mass is 10.2. The third-order valence-corrected chi connectivity index (χ3v) is 3.64. The minimum Gasteiger partial charge on any atom is -0.370 e. The fraction of sp³-hybridized carbons (Fsp3) is 0.235. The number of fused-ring (bicyclic) bond motifs is 1. The van der Waals surface area contributed by atoms with Crippen LogP contribution in [0, 0.1) is 0 Å². The van der Waals surface area contributed by atoms with Crippen molar-refractivity contribution in [2.24, 2.45) is 0 Å². The Kier molecular flexibility index (Phi) is 3.42. The lowest BCUT2D eigenvalue weighted by Crippen LogP contribution is -2.21. The SMILES string of the molecule is CCN(CC)c1cccc2[nH]c(-c3ccccc3)nc12. The number of anilines is 1. The first kappa shape index (κ1) is 12.7. The van der Waals surface area contributed by atoms with Gasteiger partial charge in [0.1, 0.15) is 11.3 Å². The summed E-state index contributed by atoms with van der Waals surface area (Å²) in [6.45, 7) is 6.33. The molecule has 0 aliphatic heterocycles. The molecule has 0 fully saturated rings. The van der Waals surface area contributed by atoms with Gasteiger partial charge < -0.3 is 9.88 Å². The van der Waals surface area contributed by atoms with Crippen molar-refractivity contribution in [2.45, 2.75) is 13.8 Å². The third-order valence-electron chi connectivity index (χ3n) is 3.64. The van der Waals surface area contributed by atoms with Gasteiger partial charge in [0, 0.05) is 18.7 Å². The van der Waals surface area contributed by atoms with E-state index in [9.17, 15) is 0 Å². The molecule has 0 radical (unpaired) electrons. The average molecular weight is 265 g/mol. The van der Waals surface area contributed by atoms with Crippen molar-refractivity contribution in [3.8, 4) is 11.4 Å². The Balaban J connectivity index is 2.14. The zero-order valence-electron chi connectivity index (χ0n) is 11.9. The Bertz CT molecular complexity index is 697. The standard InChI is InChI=1S/C17H19N3/c1-3-20(4-2)15-12-8-11-14-16(15)19-17(18-14)13-9-6-5-7-10-13/h5-12H,3-4H2,1-2H3,(H,18,19). The van der Waals surface area contributed by atoms with E-state index in [-0.39, 0.29) is 0 Å². The summed E-state index contributed by atoms with van der Waals surface area (Å²) in [6.07, 6.45) is 0. The number of hydrogen-bond donors (Lipinski definition) is 1. The van der Waals surface area contributed by atoms with E-state index in [1.807, 2.05) is 18.2 Å². The number of benzene rings is 2. The summed E-state index contributed by atoms with van der Waals surface area (Å²) in [5.41, 5.74) is 4.46. The molecule has 20 heavy (non-hydrogen) atoms. The number of hydrogen-bond acceptors (Lipinski definition) is 2.